The van der Waals surface area contributed by atoms with Crippen LogP contribution in [0.2, 0.25) is 0 Å². The molecular weight excluding hydrogens is 276 g/mol. The van der Waals surface area contributed by atoms with Crippen molar-refractivity contribution in [1.82, 2.24) is 10.2 Å². The average molecular weight is 300 g/mol. The predicted octanol–water partition coefficient (Wildman–Crippen LogP) is 2.22. The van der Waals surface area contributed by atoms with E-state index in [1.807, 2.05) is 18.2 Å². The Kier molecular flexibility index (Phi) is 3.57. The second-order valence-corrected chi connectivity index (χ2v) is 6.89. The second kappa shape index (κ2) is 5.58. The Morgan fingerprint density at radius 1 is 1.32 bits per heavy atom. The van der Waals surface area contributed by atoms with Gasteiger partial charge in [0.1, 0.15) is 5.75 Å². The van der Waals surface area contributed by atoms with Crippen LogP contribution in [0.15, 0.2) is 18.2 Å². The van der Waals surface area contributed by atoms with E-state index in [1.54, 1.807) is 0 Å². The molecule has 1 aromatic rings. The first-order valence-corrected chi connectivity index (χ1v) is 8.53. The Morgan fingerprint density at radius 3 is 2.91 bits per heavy atom. The van der Waals surface area contributed by atoms with Gasteiger partial charge in [0.15, 0.2) is 0 Å². The monoisotopic (exact) mass is 300 g/mol. The molecule has 4 heteroatoms. The van der Waals surface area contributed by atoms with Gasteiger partial charge in [-0.1, -0.05) is 0 Å². The van der Waals surface area contributed by atoms with Crippen molar-refractivity contribution in [3.63, 3.8) is 0 Å². The van der Waals surface area contributed by atoms with Crippen molar-refractivity contribution in [2.24, 2.45) is 5.92 Å². The minimum atomic E-state index is 0.0685. The van der Waals surface area contributed by atoms with Gasteiger partial charge in [0.2, 0.25) is 0 Å². The van der Waals surface area contributed by atoms with Crippen LogP contribution in [0.1, 0.15) is 42.1 Å². The number of carbonyl (C=O) groups excluding carboxylic acids is 1. The zero-order valence-corrected chi connectivity index (χ0v) is 13.2. The molecule has 0 aliphatic carbocycles. The van der Waals surface area contributed by atoms with E-state index in [0.29, 0.717) is 18.0 Å². The number of ether oxygens (including phenoxy) is 1. The van der Waals surface area contributed by atoms with Gasteiger partial charge in [-0.3, -0.25) is 9.69 Å². The van der Waals surface area contributed by atoms with E-state index in [0.717, 1.165) is 30.8 Å². The van der Waals surface area contributed by atoms with Crippen LogP contribution in [0.4, 0.5) is 0 Å². The fraction of sp³-hybridized carbons (Fsp3) is 0.611. The number of nitrogens with zero attached hydrogens (tertiary/aromatic N) is 1. The van der Waals surface area contributed by atoms with Gasteiger partial charge < -0.3 is 10.1 Å². The SMILES string of the molecule is C[C@H]1[C@H](NC(=O)c2ccc3c(c2)CCCO3)C2CCN1CC2. The summed E-state index contributed by atoms with van der Waals surface area (Å²) in [7, 11) is 0. The van der Waals surface area contributed by atoms with Crippen LogP contribution in [0.5, 0.6) is 5.75 Å². The van der Waals surface area contributed by atoms with Crippen LogP contribution in [0, 0.1) is 5.92 Å². The summed E-state index contributed by atoms with van der Waals surface area (Å²) in [5.74, 6) is 1.66. The van der Waals surface area contributed by atoms with E-state index in [2.05, 4.69) is 17.1 Å². The molecule has 1 N–H and O–H groups in total. The molecule has 3 fully saturated rings. The minimum absolute atomic E-state index is 0.0685. The lowest BCUT2D eigenvalue weighted by molar-refractivity contribution is 0.0217. The summed E-state index contributed by atoms with van der Waals surface area (Å²) in [5, 5.41) is 3.30. The maximum Gasteiger partial charge on any atom is 0.251 e. The van der Waals surface area contributed by atoms with Crippen LogP contribution in [-0.4, -0.2) is 42.6 Å². The molecule has 0 spiro atoms. The summed E-state index contributed by atoms with van der Waals surface area (Å²) in [5.41, 5.74) is 1.94. The number of amides is 1. The van der Waals surface area contributed by atoms with Crippen molar-refractivity contribution in [2.45, 2.75) is 44.7 Å². The Morgan fingerprint density at radius 2 is 2.14 bits per heavy atom. The summed E-state index contributed by atoms with van der Waals surface area (Å²) in [6.07, 6.45) is 4.47. The van der Waals surface area contributed by atoms with Gasteiger partial charge in [-0.15, -0.1) is 0 Å². The van der Waals surface area contributed by atoms with E-state index in [-0.39, 0.29) is 5.91 Å². The lowest BCUT2D eigenvalue weighted by Crippen LogP contribution is -2.62. The maximum atomic E-state index is 12.7. The highest BCUT2D eigenvalue weighted by Crippen LogP contribution is 2.32. The zero-order valence-electron chi connectivity index (χ0n) is 13.2. The molecule has 0 unspecified atom stereocenters. The number of hydrogen-bond acceptors (Lipinski definition) is 3. The predicted molar refractivity (Wildman–Crippen MR) is 85.3 cm³/mol. The number of hydrogen-bond donors (Lipinski definition) is 1. The molecule has 1 aromatic carbocycles. The van der Waals surface area contributed by atoms with E-state index in [1.165, 1.54) is 31.5 Å². The molecule has 0 saturated carbocycles. The third-order valence-corrected chi connectivity index (χ3v) is 5.65. The molecule has 3 saturated heterocycles. The summed E-state index contributed by atoms with van der Waals surface area (Å²) in [6, 6.07) is 6.60. The van der Waals surface area contributed by atoms with Gasteiger partial charge in [0, 0.05) is 17.6 Å². The summed E-state index contributed by atoms with van der Waals surface area (Å²) < 4.78 is 5.63. The fourth-order valence-electron chi connectivity index (χ4n) is 4.28. The number of benzene rings is 1. The third kappa shape index (κ3) is 2.39. The quantitative estimate of drug-likeness (QED) is 0.910. The number of nitrogens with one attached hydrogen (secondary N) is 1. The highest BCUT2D eigenvalue weighted by Gasteiger charge is 2.40. The average Bonchev–Trinajstić information content (AvgIpc) is 2.58. The highest BCUT2D eigenvalue weighted by atomic mass is 16.5. The molecule has 0 radical (unpaired) electrons. The van der Waals surface area contributed by atoms with Gasteiger partial charge in [-0.25, -0.2) is 0 Å². The minimum Gasteiger partial charge on any atom is -0.493 e. The van der Waals surface area contributed by atoms with Crippen molar-refractivity contribution >= 4 is 5.91 Å². The summed E-state index contributed by atoms with van der Waals surface area (Å²) >= 11 is 0. The first-order chi connectivity index (χ1) is 10.7. The molecule has 2 bridgehead atoms. The topological polar surface area (TPSA) is 41.6 Å². The van der Waals surface area contributed by atoms with E-state index < -0.39 is 0 Å². The number of piperidine rings is 3. The van der Waals surface area contributed by atoms with Crippen molar-refractivity contribution in [3.8, 4) is 5.75 Å². The maximum absolute atomic E-state index is 12.7. The van der Waals surface area contributed by atoms with Crippen LogP contribution in [0.25, 0.3) is 0 Å². The standard InChI is InChI=1S/C18H24N2O2/c1-12-17(13-6-8-20(12)9-7-13)19-18(21)15-4-5-16-14(11-15)3-2-10-22-16/h4-5,11-13,17H,2-3,6-10H2,1H3,(H,19,21)/t12-,17-/m0/s1. The second-order valence-electron chi connectivity index (χ2n) is 6.89. The number of fused-ring (bicyclic) bond motifs is 4. The van der Waals surface area contributed by atoms with Crippen LogP contribution in [-0.2, 0) is 6.42 Å². The van der Waals surface area contributed by atoms with Crippen molar-refractivity contribution in [2.75, 3.05) is 19.7 Å². The Balaban J connectivity index is 1.50. The van der Waals surface area contributed by atoms with Gasteiger partial charge in [0.05, 0.1) is 6.61 Å². The fourth-order valence-corrected chi connectivity index (χ4v) is 4.28. The van der Waals surface area contributed by atoms with Crippen molar-refractivity contribution in [3.05, 3.63) is 29.3 Å². The molecule has 1 amide bonds. The Bertz CT molecular complexity index is 576. The molecule has 5 rings (SSSR count). The normalized spacial score (nSPS) is 33.0. The number of rotatable bonds is 2. The Labute approximate surface area is 131 Å². The van der Waals surface area contributed by atoms with E-state index >= 15 is 0 Å². The van der Waals surface area contributed by atoms with Crippen LogP contribution < -0.4 is 10.1 Å². The molecular formula is C18H24N2O2. The number of aryl methyl sites for hydroxylation is 1. The first kappa shape index (κ1) is 14.1. The van der Waals surface area contributed by atoms with Gasteiger partial charge >= 0.3 is 0 Å². The Hall–Kier alpha value is -1.55. The zero-order chi connectivity index (χ0) is 15.1. The molecule has 4 aliphatic heterocycles. The van der Waals surface area contributed by atoms with Gasteiger partial charge in [-0.05, 0) is 75.4 Å². The third-order valence-electron chi connectivity index (χ3n) is 5.65. The van der Waals surface area contributed by atoms with Crippen molar-refractivity contribution < 1.29 is 9.53 Å². The lowest BCUT2D eigenvalue weighted by atomic mass is 9.79. The molecule has 4 heterocycles. The smallest absolute Gasteiger partial charge is 0.251 e. The first-order valence-electron chi connectivity index (χ1n) is 8.53. The van der Waals surface area contributed by atoms with Crippen LogP contribution >= 0.6 is 0 Å². The molecule has 4 aliphatic rings. The van der Waals surface area contributed by atoms with Gasteiger partial charge in [-0.2, -0.15) is 0 Å². The number of carbonyl (C=O) groups is 1. The van der Waals surface area contributed by atoms with E-state index in [9.17, 15) is 4.79 Å². The van der Waals surface area contributed by atoms with Gasteiger partial charge in [0.25, 0.3) is 5.91 Å². The highest BCUT2D eigenvalue weighted by molar-refractivity contribution is 5.94. The van der Waals surface area contributed by atoms with E-state index in [4.69, 9.17) is 4.74 Å². The largest absolute Gasteiger partial charge is 0.493 e. The summed E-state index contributed by atoms with van der Waals surface area (Å²) in [4.78, 5) is 15.2. The molecule has 2 atom stereocenters. The molecule has 22 heavy (non-hydrogen) atoms. The molecule has 118 valence electrons. The molecule has 4 nitrogen and oxygen atoms in total. The summed E-state index contributed by atoms with van der Waals surface area (Å²) in [6.45, 7) is 5.41. The lowest BCUT2D eigenvalue weighted by Gasteiger charge is -2.49. The molecule has 0 aromatic heterocycles. The van der Waals surface area contributed by atoms with Crippen molar-refractivity contribution in [1.29, 1.82) is 0 Å². The van der Waals surface area contributed by atoms with Crippen LogP contribution in [0.3, 0.4) is 0 Å².